The molecule has 6 aromatic rings. The van der Waals surface area contributed by atoms with Crippen LogP contribution in [-0.2, 0) is 4.74 Å². The summed E-state index contributed by atoms with van der Waals surface area (Å²) in [5.41, 5.74) is 4.03. The summed E-state index contributed by atoms with van der Waals surface area (Å²) in [6, 6.07) is 24.4. The Bertz CT molecular complexity index is 2120. The topological polar surface area (TPSA) is 105 Å². The normalized spacial score (nSPS) is 14.2. The number of para-hydroxylation sites is 1. The molecule has 0 aliphatic carbocycles. The number of aromatic nitrogens is 4. The molecule has 3 aromatic heterocycles. The fourth-order valence-corrected chi connectivity index (χ4v) is 6.37. The predicted molar refractivity (Wildman–Crippen MR) is 175 cm³/mol. The monoisotopic (exact) mass is 604 g/mol. The van der Waals surface area contributed by atoms with Crippen LogP contribution in [-0.4, -0.2) is 45.8 Å². The number of benzene rings is 3. The highest BCUT2D eigenvalue weighted by atomic mass is 35.5. The first kappa shape index (κ1) is 27.8. The van der Waals surface area contributed by atoms with Gasteiger partial charge in [0.2, 0.25) is 0 Å². The molecule has 2 N–H and O–H groups in total. The number of halogens is 1. The van der Waals surface area contributed by atoms with E-state index in [1.165, 1.54) is 12.4 Å². The number of H-pyrrole nitrogens is 1. The maximum Gasteiger partial charge on any atom is 0.263 e. The molecule has 1 fully saturated rings. The number of nitrogens with zero attached hydrogens (tertiary/aromatic N) is 4. The number of rotatable bonds is 6. The minimum atomic E-state index is -0.522. The molecule has 220 valence electrons. The van der Waals surface area contributed by atoms with Gasteiger partial charge in [0.1, 0.15) is 23.2 Å². The van der Waals surface area contributed by atoms with Crippen molar-refractivity contribution in [3.63, 3.8) is 0 Å². The van der Waals surface area contributed by atoms with Crippen molar-refractivity contribution >= 4 is 44.9 Å². The van der Waals surface area contributed by atoms with Crippen LogP contribution in [0.25, 0.3) is 38.6 Å². The van der Waals surface area contributed by atoms with E-state index in [0.29, 0.717) is 57.2 Å². The highest BCUT2D eigenvalue weighted by molar-refractivity contribution is 6.36. The van der Waals surface area contributed by atoms with Crippen LogP contribution < -0.4 is 21.2 Å². The predicted octanol–water partition coefficient (Wildman–Crippen LogP) is 5.95. The zero-order valence-corrected chi connectivity index (χ0v) is 24.7. The minimum Gasteiger partial charge on any atom is -0.378 e. The number of fused-ring (bicyclic) bond motifs is 2. The Hall–Kier alpha value is -4.99. The molecule has 0 saturated carbocycles. The number of hydrogen-bond acceptors (Lipinski definition) is 7. The lowest BCUT2D eigenvalue weighted by Crippen LogP contribution is -2.36. The first-order chi connectivity index (χ1) is 21.5. The highest BCUT2D eigenvalue weighted by Crippen LogP contribution is 2.37. The van der Waals surface area contributed by atoms with Crippen molar-refractivity contribution in [1.82, 2.24) is 19.5 Å². The maximum atomic E-state index is 14.7. The molecule has 7 rings (SSSR count). The summed E-state index contributed by atoms with van der Waals surface area (Å²) >= 11 is 7.27. The summed E-state index contributed by atoms with van der Waals surface area (Å²) in [5.74, 6) is 0.348. The molecule has 0 bridgehead atoms. The summed E-state index contributed by atoms with van der Waals surface area (Å²) in [6.07, 6.45) is 2.93. The second kappa shape index (κ2) is 11.6. The third-order valence-electron chi connectivity index (χ3n) is 8.04. The van der Waals surface area contributed by atoms with Gasteiger partial charge in [-0.05, 0) is 42.3 Å². The average molecular weight is 605 g/mol. The van der Waals surface area contributed by atoms with Crippen molar-refractivity contribution in [3.8, 4) is 16.8 Å². The summed E-state index contributed by atoms with van der Waals surface area (Å²) in [7, 11) is 0. The number of aromatic amines is 1. The van der Waals surface area contributed by atoms with E-state index in [9.17, 15) is 9.59 Å². The SMILES string of the molecule is C[C@H](Nc1ncnc2[nH]ccc(=O)c12)c1c(Cl)c2cccc(-c3cccc(N4CCOCC4)c3)c2c(=O)n1-c1ccccc1. The number of nitrogens with one attached hydrogen (secondary N) is 2. The van der Waals surface area contributed by atoms with Gasteiger partial charge < -0.3 is 19.9 Å². The number of pyridine rings is 2. The Balaban J connectivity index is 1.43. The van der Waals surface area contributed by atoms with Gasteiger partial charge >= 0.3 is 0 Å². The summed E-state index contributed by atoms with van der Waals surface area (Å²) in [5, 5.41) is 5.28. The lowest BCUT2D eigenvalue weighted by atomic mass is 9.97. The van der Waals surface area contributed by atoms with Crippen molar-refractivity contribution in [2.24, 2.45) is 0 Å². The summed E-state index contributed by atoms with van der Waals surface area (Å²) in [6.45, 7) is 4.89. The third kappa shape index (κ3) is 4.90. The van der Waals surface area contributed by atoms with Gasteiger partial charge in [-0.15, -0.1) is 0 Å². The van der Waals surface area contributed by atoms with Gasteiger partial charge in [-0.3, -0.25) is 14.2 Å². The Morgan fingerprint density at radius 2 is 1.68 bits per heavy atom. The van der Waals surface area contributed by atoms with Crippen LogP contribution in [0.1, 0.15) is 18.7 Å². The molecule has 10 heteroatoms. The van der Waals surface area contributed by atoms with Gasteiger partial charge in [0, 0.05) is 42.1 Å². The van der Waals surface area contributed by atoms with Crippen molar-refractivity contribution in [2.75, 3.05) is 36.5 Å². The molecular formula is C34H29ClN6O3. The van der Waals surface area contributed by atoms with Crippen LogP contribution >= 0.6 is 11.6 Å². The van der Waals surface area contributed by atoms with Crippen molar-refractivity contribution in [3.05, 3.63) is 123 Å². The van der Waals surface area contributed by atoms with Crippen LogP contribution in [0, 0.1) is 0 Å². The fourth-order valence-electron chi connectivity index (χ4n) is 5.96. The van der Waals surface area contributed by atoms with E-state index >= 15 is 0 Å². The van der Waals surface area contributed by atoms with Crippen LogP contribution in [0.4, 0.5) is 11.5 Å². The lowest BCUT2D eigenvalue weighted by molar-refractivity contribution is 0.122. The van der Waals surface area contributed by atoms with Crippen LogP contribution in [0.15, 0.2) is 101 Å². The Morgan fingerprint density at radius 3 is 2.50 bits per heavy atom. The molecule has 4 heterocycles. The largest absolute Gasteiger partial charge is 0.378 e. The van der Waals surface area contributed by atoms with Gasteiger partial charge in [0.15, 0.2) is 5.43 Å². The molecule has 1 saturated heterocycles. The smallest absolute Gasteiger partial charge is 0.263 e. The Labute approximate surface area is 257 Å². The van der Waals surface area contributed by atoms with E-state index in [1.807, 2.05) is 67.6 Å². The number of anilines is 2. The molecular weight excluding hydrogens is 576 g/mol. The second-order valence-corrected chi connectivity index (χ2v) is 11.1. The molecule has 0 unspecified atom stereocenters. The van der Waals surface area contributed by atoms with Crippen LogP contribution in [0.5, 0.6) is 0 Å². The van der Waals surface area contributed by atoms with Crippen molar-refractivity contribution in [2.45, 2.75) is 13.0 Å². The third-order valence-corrected chi connectivity index (χ3v) is 8.44. The number of ether oxygens (including phenoxy) is 1. The van der Waals surface area contributed by atoms with E-state index in [4.69, 9.17) is 16.3 Å². The van der Waals surface area contributed by atoms with Crippen molar-refractivity contribution in [1.29, 1.82) is 0 Å². The Morgan fingerprint density at radius 1 is 0.909 bits per heavy atom. The quantitative estimate of drug-likeness (QED) is 0.242. The molecule has 1 aliphatic rings. The van der Waals surface area contributed by atoms with Crippen molar-refractivity contribution < 1.29 is 4.74 Å². The van der Waals surface area contributed by atoms with Gasteiger partial charge in [-0.1, -0.05) is 60.1 Å². The number of morpholine rings is 1. The summed E-state index contributed by atoms with van der Waals surface area (Å²) < 4.78 is 7.20. The first-order valence-corrected chi connectivity index (χ1v) is 14.8. The van der Waals surface area contributed by atoms with Gasteiger partial charge in [-0.2, -0.15) is 0 Å². The zero-order chi connectivity index (χ0) is 30.2. The highest BCUT2D eigenvalue weighted by Gasteiger charge is 2.24. The molecule has 3 aromatic carbocycles. The van der Waals surface area contributed by atoms with E-state index in [-0.39, 0.29) is 11.0 Å². The summed E-state index contributed by atoms with van der Waals surface area (Å²) in [4.78, 5) is 41.3. The molecule has 0 radical (unpaired) electrons. The molecule has 1 atom stereocenters. The molecule has 9 nitrogen and oxygen atoms in total. The Kier molecular flexibility index (Phi) is 7.33. The lowest BCUT2D eigenvalue weighted by Gasteiger charge is -2.29. The van der Waals surface area contributed by atoms with E-state index in [0.717, 1.165) is 29.9 Å². The molecule has 44 heavy (non-hydrogen) atoms. The van der Waals surface area contributed by atoms with Gasteiger partial charge in [0.25, 0.3) is 5.56 Å². The van der Waals surface area contributed by atoms with Crippen LogP contribution in [0.2, 0.25) is 5.02 Å². The average Bonchev–Trinajstić information content (AvgIpc) is 3.07. The van der Waals surface area contributed by atoms with Gasteiger partial charge in [0.05, 0.1) is 35.4 Å². The first-order valence-electron chi connectivity index (χ1n) is 14.5. The maximum absolute atomic E-state index is 14.7. The van der Waals surface area contributed by atoms with Gasteiger partial charge in [-0.25, -0.2) is 9.97 Å². The molecule has 1 aliphatic heterocycles. The number of hydrogen-bond donors (Lipinski definition) is 2. The minimum absolute atomic E-state index is 0.197. The van der Waals surface area contributed by atoms with Crippen LogP contribution in [0.3, 0.4) is 0 Å². The van der Waals surface area contributed by atoms with E-state index in [2.05, 4.69) is 37.3 Å². The van der Waals surface area contributed by atoms with E-state index < -0.39 is 6.04 Å². The van der Waals surface area contributed by atoms with E-state index in [1.54, 1.807) is 10.8 Å². The molecule has 0 spiro atoms. The molecule has 0 amide bonds. The second-order valence-electron chi connectivity index (χ2n) is 10.7. The fraction of sp³-hybridized carbons (Fsp3) is 0.176. The standard InChI is InChI=1S/C34H29ClN6O3/c1-21(39-33-29-27(42)13-14-36-32(29)37-20-38-33)31-30(35)26-12-6-11-25(28(26)34(43)41(31)23-8-3-2-4-9-23)22-7-5-10-24(19-22)40-15-17-44-18-16-40/h2-14,19-21H,15-18H2,1H3,(H2,36,37,38,39,42)/t21-/m0/s1. The zero-order valence-electron chi connectivity index (χ0n) is 24.0.